The number of anilines is 2. The Morgan fingerprint density at radius 3 is 2.38 bits per heavy atom. The monoisotopic (exact) mass is 547 g/mol. The van der Waals surface area contributed by atoms with Crippen LogP contribution in [0.4, 0.5) is 11.4 Å². The van der Waals surface area contributed by atoms with E-state index < -0.39 is 16.1 Å². The third kappa shape index (κ3) is 5.43. The molecule has 1 amide bonds. The molecule has 0 unspecified atom stereocenters. The summed E-state index contributed by atoms with van der Waals surface area (Å²) in [5, 5.41) is 4.46. The lowest BCUT2D eigenvalue weighted by Crippen LogP contribution is -2.39. The van der Waals surface area contributed by atoms with Crippen LogP contribution in [0.15, 0.2) is 53.4 Å². The number of nitrogens with one attached hydrogen (secondary N) is 2. The average Bonchev–Trinajstić information content (AvgIpc) is 3.14. The van der Waals surface area contributed by atoms with Crippen molar-refractivity contribution in [3.63, 3.8) is 0 Å². The summed E-state index contributed by atoms with van der Waals surface area (Å²) in [5.74, 6) is 0.143. The van der Waals surface area contributed by atoms with Crippen LogP contribution in [0.1, 0.15) is 13.8 Å². The minimum absolute atomic E-state index is 0. The molecule has 37 heavy (non-hydrogen) atoms. The molecular formula is C25H30ClN5O5S. The molecule has 0 saturated heterocycles. The number of rotatable bonds is 8. The van der Waals surface area contributed by atoms with E-state index in [9.17, 15) is 13.2 Å². The highest BCUT2D eigenvalue weighted by atomic mass is 35.5. The van der Waals surface area contributed by atoms with Crippen molar-refractivity contribution in [3.05, 3.63) is 48.5 Å². The van der Waals surface area contributed by atoms with E-state index in [1.807, 2.05) is 37.6 Å². The molecule has 0 fully saturated rings. The molecule has 2 aromatic carbocycles. The lowest BCUT2D eigenvalue weighted by Gasteiger charge is -2.15. The van der Waals surface area contributed by atoms with Gasteiger partial charge in [0, 0.05) is 35.1 Å². The molecule has 0 bridgehead atoms. The quantitative estimate of drug-likeness (QED) is 0.304. The number of hydrogen-bond donors (Lipinski definition) is 3. The van der Waals surface area contributed by atoms with Crippen molar-refractivity contribution in [1.82, 2.24) is 9.55 Å². The molecule has 0 aliphatic heterocycles. The van der Waals surface area contributed by atoms with Gasteiger partial charge in [-0.1, -0.05) is 19.9 Å². The van der Waals surface area contributed by atoms with E-state index >= 15 is 0 Å². The number of nitrogens with zero attached hydrogens (tertiary/aromatic N) is 2. The summed E-state index contributed by atoms with van der Waals surface area (Å²) in [6.07, 6.45) is 0. The highest BCUT2D eigenvalue weighted by Gasteiger charge is 2.21. The second-order valence-corrected chi connectivity index (χ2v) is 10.4. The maximum absolute atomic E-state index is 13.2. The third-order valence-corrected chi connectivity index (χ3v) is 7.42. The highest BCUT2D eigenvalue weighted by molar-refractivity contribution is 7.92. The Morgan fingerprint density at radius 2 is 1.73 bits per heavy atom. The van der Waals surface area contributed by atoms with Crippen LogP contribution in [-0.4, -0.2) is 44.1 Å². The zero-order valence-corrected chi connectivity index (χ0v) is 22.7. The Bertz CT molecular complexity index is 1570. The molecule has 198 valence electrons. The molecule has 2 heterocycles. The number of carbonyl (C=O) groups is 1. The van der Waals surface area contributed by atoms with Crippen LogP contribution in [0.25, 0.3) is 21.8 Å². The summed E-state index contributed by atoms with van der Waals surface area (Å²) in [5.41, 5.74) is 8.44. The first-order valence-corrected chi connectivity index (χ1v) is 12.7. The molecule has 4 rings (SSSR count). The minimum atomic E-state index is -3.95. The first kappa shape index (κ1) is 28.0. The molecule has 0 spiro atoms. The molecule has 0 aliphatic carbocycles. The lowest BCUT2D eigenvalue weighted by molar-refractivity contribution is -0.118. The van der Waals surface area contributed by atoms with Crippen LogP contribution < -0.4 is 25.2 Å². The van der Waals surface area contributed by atoms with E-state index in [1.165, 1.54) is 26.4 Å². The van der Waals surface area contributed by atoms with Crippen molar-refractivity contribution >= 4 is 61.5 Å². The van der Waals surface area contributed by atoms with Gasteiger partial charge < -0.3 is 25.1 Å². The largest absolute Gasteiger partial charge is 0.481 e. The molecule has 12 heteroatoms. The SMILES string of the molecule is COc1ccc(NS(=O)(=O)c2ccc3c(c2)c2ccc(NC(=O)[C@@H](N)C(C)C)cc2n3C)c(OC)n1.Cl. The van der Waals surface area contributed by atoms with Crippen molar-refractivity contribution in [3.8, 4) is 11.8 Å². The summed E-state index contributed by atoms with van der Waals surface area (Å²) in [4.78, 5) is 16.6. The van der Waals surface area contributed by atoms with Gasteiger partial charge in [-0.2, -0.15) is 4.98 Å². The first-order chi connectivity index (χ1) is 17.1. The normalized spacial score (nSPS) is 12.3. The van der Waals surface area contributed by atoms with Gasteiger partial charge in [-0.3, -0.25) is 9.52 Å². The zero-order valence-electron chi connectivity index (χ0n) is 21.1. The van der Waals surface area contributed by atoms with Gasteiger partial charge in [0.1, 0.15) is 5.69 Å². The number of hydrogen-bond acceptors (Lipinski definition) is 7. The number of halogens is 1. The van der Waals surface area contributed by atoms with Crippen LogP contribution in [0.3, 0.4) is 0 Å². The molecule has 4 aromatic rings. The molecule has 10 nitrogen and oxygen atoms in total. The first-order valence-electron chi connectivity index (χ1n) is 11.3. The number of carbonyl (C=O) groups excluding carboxylic acids is 1. The molecule has 4 N–H and O–H groups in total. The van der Waals surface area contributed by atoms with Gasteiger partial charge in [-0.05, 0) is 42.3 Å². The van der Waals surface area contributed by atoms with E-state index in [1.54, 1.807) is 24.3 Å². The van der Waals surface area contributed by atoms with Crippen LogP contribution >= 0.6 is 12.4 Å². The van der Waals surface area contributed by atoms with Gasteiger partial charge in [0.05, 0.1) is 30.7 Å². The number of fused-ring (bicyclic) bond motifs is 3. The molecule has 0 radical (unpaired) electrons. The van der Waals surface area contributed by atoms with Gasteiger partial charge in [-0.15, -0.1) is 12.4 Å². The van der Waals surface area contributed by atoms with Crippen LogP contribution in [0.2, 0.25) is 0 Å². The maximum Gasteiger partial charge on any atom is 0.262 e. The predicted molar refractivity (Wildman–Crippen MR) is 147 cm³/mol. The molecule has 1 atom stereocenters. The number of aromatic nitrogens is 2. The Balaban J connectivity index is 0.00000380. The Hall–Kier alpha value is -3.54. The number of benzene rings is 2. The Kier molecular flexibility index (Phi) is 8.21. The maximum atomic E-state index is 13.2. The van der Waals surface area contributed by atoms with Gasteiger partial charge in [0.15, 0.2) is 0 Å². The fourth-order valence-corrected chi connectivity index (χ4v) is 5.02. The smallest absolute Gasteiger partial charge is 0.262 e. The fraction of sp³-hybridized carbons (Fsp3) is 0.280. The number of amides is 1. The van der Waals surface area contributed by atoms with E-state index in [0.29, 0.717) is 11.6 Å². The van der Waals surface area contributed by atoms with Gasteiger partial charge in [0.2, 0.25) is 17.7 Å². The zero-order chi connectivity index (χ0) is 26.2. The third-order valence-electron chi connectivity index (χ3n) is 6.06. The molecule has 0 aliphatic rings. The van der Waals surface area contributed by atoms with E-state index in [0.717, 1.165) is 21.8 Å². The van der Waals surface area contributed by atoms with Crippen molar-refractivity contribution in [1.29, 1.82) is 0 Å². The highest BCUT2D eigenvalue weighted by Crippen LogP contribution is 2.33. The van der Waals surface area contributed by atoms with Crippen molar-refractivity contribution < 1.29 is 22.7 Å². The average molecular weight is 548 g/mol. The second-order valence-electron chi connectivity index (χ2n) is 8.74. The van der Waals surface area contributed by atoms with Crippen LogP contribution in [0.5, 0.6) is 11.8 Å². The number of sulfonamides is 1. The molecule has 2 aromatic heterocycles. The van der Waals surface area contributed by atoms with Gasteiger partial charge >= 0.3 is 0 Å². The number of nitrogens with two attached hydrogens (primary N) is 1. The number of pyridine rings is 1. The number of ether oxygens (including phenoxy) is 2. The summed E-state index contributed by atoms with van der Waals surface area (Å²) in [7, 11) is 0.795. The lowest BCUT2D eigenvalue weighted by atomic mass is 10.0. The van der Waals surface area contributed by atoms with E-state index in [2.05, 4.69) is 15.0 Å². The minimum Gasteiger partial charge on any atom is -0.481 e. The summed E-state index contributed by atoms with van der Waals surface area (Å²) >= 11 is 0. The predicted octanol–water partition coefficient (Wildman–Crippen LogP) is 3.89. The van der Waals surface area contributed by atoms with E-state index in [-0.39, 0.29) is 40.7 Å². The van der Waals surface area contributed by atoms with Crippen molar-refractivity contribution in [2.75, 3.05) is 24.3 Å². The van der Waals surface area contributed by atoms with Crippen molar-refractivity contribution in [2.24, 2.45) is 18.7 Å². The number of methoxy groups -OCH3 is 2. The van der Waals surface area contributed by atoms with E-state index in [4.69, 9.17) is 15.2 Å². The molecular weight excluding hydrogens is 518 g/mol. The standard InChI is InChI=1S/C25H29N5O5S.ClH/c1-14(2)23(26)24(31)27-15-6-8-17-18-13-16(7-10-20(18)30(3)21(17)12-15)36(32,33)29-19-9-11-22(34-4)28-25(19)35-5;/h6-14,23,29H,26H2,1-5H3,(H,27,31);1H/t23-;/m0./s1. The molecule has 0 saturated carbocycles. The Morgan fingerprint density at radius 1 is 1.00 bits per heavy atom. The summed E-state index contributed by atoms with van der Waals surface area (Å²) in [6.45, 7) is 3.78. The van der Waals surface area contributed by atoms with Crippen LogP contribution in [-0.2, 0) is 21.9 Å². The fourth-order valence-electron chi connectivity index (χ4n) is 3.94. The van der Waals surface area contributed by atoms with Crippen molar-refractivity contribution in [2.45, 2.75) is 24.8 Å². The number of aryl methyl sites for hydroxylation is 1. The summed E-state index contributed by atoms with van der Waals surface area (Å²) in [6, 6.07) is 12.8. The Labute approximate surface area is 221 Å². The van der Waals surface area contributed by atoms with Gasteiger partial charge in [-0.25, -0.2) is 8.42 Å². The van der Waals surface area contributed by atoms with Gasteiger partial charge in [0.25, 0.3) is 10.0 Å². The topological polar surface area (TPSA) is 138 Å². The summed E-state index contributed by atoms with van der Waals surface area (Å²) < 4.78 is 41.2. The van der Waals surface area contributed by atoms with Crippen LogP contribution in [0, 0.1) is 5.92 Å². The second kappa shape index (κ2) is 10.8.